The Bertz CT molecular complexity index is 1080. The molecule has 0 atom stereocenters. The summed E-state index contributed by atoms with van der Waals surface area (Å²) in [7, 11) is 0. The van der Waals surface area contributed by atoms with E-state index >= 15 is 0 Å². The second kappa shape index (κ2) is 6.27. The predicted molar refractivity (Wildman–Crippen MR) is 109 cm³/mol. The van der Waals surface area contributed by atoms with E-state index in [1.807, 2.05) is 60.8 Å². The van der Waals surface area contributed by atoms with Crippen molar-refractivity contribution in [3.05, 3.63) is 95.7 Å². The van der Waals surface area contributed by atoms with E-state index in [0.29, 0.717) is 11.8 Å². The Morgan fingerprint density at radius 3 is 1.32 bits per heavy atom. The van der Waals surface area contributed by atoms with E-state index in [0.717, 1.165) is 39.9 Å². The molecule has 0 aromatic rings. The Morgan fingerprint density at radius 2 is 0.840 bits per heavy atom. The Labute approximate surface area is 159 Å². The molecule has 0 unspecified atom stereocenters. The molecule has 25 heavy (non-hydrogen) atoms. The molecule has 0 spiro atoms. The van der Waals surface area contributed by atoms with Crippen LogP contribution in [0.25, 0.3) is 0 Å². The summed E-state index contributed by atoms with van der Waals surface area (Å²) in [6.07, 6.45) is 21.0. The molecule has 5 aliphatic heterocycles. The first-order valence-corrected chi connectivity index (χ1v) is 7.66. The van der Waals surface area contributed by atoms with Crippen molar-refractivity contribution in [2.75, 3.05) is 0 Å². The average molecular weight is 382 g/mol. The van der Waals surface area contributed by atoms with Crippen LogP contribution < -0.4 is 0 Å². The molecule has 5 aliphatic rings. The van der Waals surface area contributed by atoms with Gasteiger partial charge in [0, 0.05) is 0 Å². The molecule has 5 heterocycles. The van der Waals surface area contributed by atoms with Gasteiger partial charge in [-0.05, 0) is 72.9 Å². The molecule has 0 saturated heterocycles. The van der Waals surface area contributed by atoms with Gasteiger partial charge in [-0.1, -0.05) is 0 Å². The second-order valence-corrected chi connectivity index (χ2v) is 5.67. The van der Waals surface area contributed by atoms with E-state index in [1.165, 1.54) is 0 Å². The van der Waals surface area contributed by atoms with Crippen molar-refractivity contribution in [2.45, 2.75) is 0 Å². The molecule has 0 aromatic carbocycles. The third-order valence-electron chi connectivity index (χ3n) is 3.84. The molecular formula is C20H15GaN4. The first-order valence-electron chi connectivity index (χ1n) is 8.16. The number of hydrogen-bond donors (Lipinski definition) is 0. The van der Waals surface area contributed by atoms with Gasteiger partial charge in [0.1, 0.15) is 0 Å². The molecule has 5 rings (SSSR count). The van der Waals surface area contributed by atoms with Crippen LogP contribution in [0.5, 0.6) is 0 Å². The summed E-state index contributed by atoms with van der Waals surface area (Å²) in [5, 5.41) is 0. The summed E-state index contributed by atoms with van der Waals surface area (Å²) in [6.45, 7) is 0. The van der Waals surface area contributed by atoms with Crippen LogP contribution in [0.15, 0.2) is 116 Å². The number of hydrogen-bond acceptors (Lipinski definition) is 4. The normalized spacial score (nSPS) is 22.7. The van der Waals surface area contributed by atoms with E-state index in [4.69, 9.17) is 1.37 Å². The van der Waals surface area contributed by atoms with Crippen LogP contribution in [0.2, 0.25) is 0 Å². The van der Waals surface area contributed by atoms with Crippen molar-refractivity contribution in [1.82, 2.24) is 0 Å². The van der Waals surface area contributed by atoms with E-state index in [-0.39, 0.29) is 19.8 Å². The van der Waals surface area contributed by atoms with Crippen molar-refractivity contribution in [3.63, 3.8) is 0 Å². The molecule has 0 aliphatic carbocycles. The summed E-state index contributed by atoms with van der Waals surface area (Å²) in [5.41, 5.74) is 6.33. The molecule has 118 valence electrons. The number of rotatable bonds is 0. The van der Waals surface area contributed by atoms with Crippen molar-refractivity contribution >= 4 is 42.6 Å². The molecule has 0 saturated carbocycles. The Balaban J connectivity index is 0.00000168. The molecule has 8 bridgehead atoms. The van der Waals surface area contributed by atoms with Crippen LogP contribution in [0.3, 0.4) is 0 Å². The number of allylic oxidation sites excluding steroid dienone is 12. The third-order valence-corrected chi connectivity index (χ3v) is 3.84. The van der Waals surface area contributed by atoms with Gasteiger partial charge in [0.25, 0.3) is 0 Å². The number of aliphatic imine (C=N–C) groups is 4. The molecule has 0 radical (unpaired) electrons. The summed E-state index contributed by atoms with van der Waals surface area (Å²) in [4.78, 5) is 18.2. The van der Waals surface area contributed by atoms with E-state index in [2.05, 4.69) is 20.0 Å². The molecular weight excluding hydrogens is 366 g/mol. The van der Waals surface area contributed by atoms with Gasteiger partial charge < -0.3 is 0 Å². The topological polar surface area (TPSA) is 49.4 Å². The van der Waals surface area contributed by atoms with Crippen molar-refractivity contribution in [1.29, 1.82) is 0 Å². The molecule has 0 amide bonds. The zero-order chi connectivity index (χ0) is 16.8. The molecule has 0 N–H and O–H groups in total. The van der Waals surface area contributed by atoms with Crippen LogP contribution in [0.1, 0.15) is 1.37 Å². The number of nitrogens with zero attached hydrogens (tertiary/aromatic N) is 4. The van der Waals surface area contributed by atoms with Gasteiger partial charge in [-0.15, -0.1) is 0 Å². The summed E-state index contributed by atoms with van der Waals surface area (Å²) >= 11 is 0. The van der Waals surface area contributed by atoms with E-state index < -0.39 is 0 Å². The quantitative estimate of drug-likeness (QED) is 0.578. The van der Waals surface area contributed by atoms with Gasteiger partial charge in [-0.2, -0.15) is 0 Å². The minimum atomic E-state index is 0. The zero-order valence-corrected chi connectivity index (χ0v) is 12.6. The first kappa shape index (κ1) is 14.6. The van der Waals surface area contributed by atoms with Crippen molar-refractivity contribution < 1.29 is 1.37 Å². The van der Waals surface area contributed by atoms with Crippen LogP contribution >= 0.6 is 0 Å². The van der Waals surface area contributed by atoms with Gasteiger partial charge in [0.15, 0.2) is 0 Å². The van der Waals surface area contributed by atoms with Crippen LogP contribution in [-0.2, 0) is 0 Å². The minimum absolute atomic E-state index is 0. The second-order valence-electron chi connectivity index (χ2n) is 5.67. The van der Waals surface area contributed by atoms with E-state index in [1.54, 1.807) is 6.08 Å². The maximum atomic E-state index is 8.11. The monoisotopic (exact) mass is 381 g/mol. The zero-order valence-electron chi connectivity index (χ0n) is 13.6. The van der Waals surface area contributed by atoms with Gasteiger partial charge in [-0.25, -0.2) is 20.0 Å². The van der Waals surface area contributed by atoms with Crippen LogP contribution in [-0.4, -0.2) is 42.6 Å². The number of fused-ring (bicyclic) bond motifs is 4. The Morgan fingerprint density at radius 1 is 0.480 bits per heavy atom. The fraction of sp³-hybridized carbons (Fsp3) is 0. The maximum absolute atomic E-state index is 8.11. The van der Waals surface area contributed by atoms with E-state index in [9.17, 15) is 0 Å². The Hall–Kier alpha value is -2.76. The fourth-order valence-electron chi connectivity index (χ4n) is 2.76. The van der Waals surface area contributed by atoms with Crippen molar-refractivity contribution in [3.8, 4) is 0 Å². The fourth-order valence-corrected chi connectivity index (χ4v) is 2.76. The first-order chi connectivity index (χ1) is 12.2. The Kier molecular flexibility index (Phi) is 3.65. The predicted octanol–water partition coefficient (Wildman–Crippen LogP) is 2.39. The third kappa shape index (κ3) is 3.24. The molecule has 5 heteroatoms. The summed E-state index contributed by atoms with van der Waals surface area (Å²) < 4.78 is 8.11. The van der Waals surface area contributed by atoms with Gasteiger partial charge >= 0.3 is 19.8 Å². The summed E-state index contributed by atoms with van der Waals surface area (Å²) in [5.74, 6) is 0. The van der Waals surface area contributed by atoms with Crippen LogP contribution in [0, 0.1) is 0 Å². The molecule has 4 nitrogen and oxygen atoms in total. The standard InChI is InChI=1S/C20H12N4.Ga.3H/c1-2-14-10-16-5-6-18(23-16)12-20-8-7-19(24-20)11-17-4-3-15(22-17)9-13(1)21-14;;;;/h1-12H;;;;/i1D;;;;. The van der Waals surface area contributed by atoms with Gasteiger partial charge in [-0.3, -0.25) is 0 Å². The van der Waals surface area contributed by atoms with Gasteiger partial charge in [0.2, 0.25) is 0 Å². The van der Waals surface area contributed by atoms with Crippen molar-refractivity contribution in [2.24, 2.45) is 20.0 Å². The molecule has 0 fully saturated rings. The molecule has 0 aromatic heterocycles. The average Bonchev–Trinajstić information content (AvgIpc) is 3.33. The summed E-state index contributed by atoms with van der Waals surface area (Å²) in [6, 6.07) is 0.379. The SMILES string of the molecule is [2H]C1=CC2=CC3=NC(=CC4=NC(=CC5=NC(=CC1=N2)C=C5)C=C4)C=C3.[GaH3]. The van der Waals surface area contributed by atoms with Crippen LogP contribution in [0.4, 0.5) is 0 Å². The van der Waals surface area contributed by atoms with Gasteiger partial charge in [0.05, 0.1) is 47.0 Å².